The molecule has 3 N–H and O–H groups in total. The Balaban J connectivity index is 2.38. The number of carbonyl (C=O) groups excluding carboxylic acids is 1. The van der Waals surface area contributed by atoms with Gasteiger partial charge in [-0.25, -0.2) is 9.18 Å². The van der Waals surface area contributed by atoms with Gasteiger partial charge in [0.1, 0.15) is 0 Å². The van der Waals surface area contributed by atoms with Crippen LogP contribution in [0.3, 0.4) is 0 Å². The lowest BCUT2D eigenvalue weighted by atomic mass is 10.2. The summed E-state index contributed by atoms with van der Waals surface area (Å²) in [4.78, 5) is 11.4. The molecule has 0 heterocycles. The highest BCUT2D eigenvalue weighted by atomic mass is 19.1. The van der Waals surface area contributed by atoms with Gasteiger partial charge in [-0.05, 0) is 38.0 Å². The molecule has 0 saturated heterocycles. The zero-order valence-electron chi connectivity index (χ0n) is 11.8. The molecule has 0 spiro atoms. The lowest BCUT2D eigenvalue weighted by Gasteiger charge is -2.10. The molecule has 1 rings (SSSR count). The third-order valence-corrected chi connectivity index (χ3v) is 2.60. The molecule has 0 aliphatic carbocycles. The summed E-state index contributed by atoms with van der Waals surface area (Å²) in [6.07, 6.45) is 0.0426. The third kappa shape index (κ3) is 5.88. The molecule has 1 atom stereocenters. The largest absolute Gasteiger partial charge is 0.491 e. The highest BCUT2D eigenvalue weighted by molar-refractivity contribution is 5.73. The molecule has 0 fully saturated rings. The predicted octanol–water partition coefficient (Wildman–Crippen LogP) is 1.79. The topological polar surface area (TPSA) is 70.6 Å². The van der Waals surface area contributed by atoms with Gasteiger partial charge in [0.15, 0.2) is 11.6 Å². The molecule has 0 aliphatic rings. The van der Waals surface area contributed by atoms with E-state index in [0.29, 0.717) is 25.1 Å². The van der Waals surface area contributed by atoms with Gasteiger partial charge in [-0.3, -0.25) is 0 Å². The number of aliphatic hydroxyl groups excluding tert-OH is 1. The summed E-state index contributed by atoms with van der Waals surface area (Å²) in [5, 5.41) is 14.3. The minimum atomic E-state index is -0.449. The SMILES string of the molecule is CCOc1ccc(CNC(=O)NCCC(C)O)cc1F. The summed E-state index contributed by atoms with van der Waals surface area (Å²) < 4.78 is 18.7. The first kappa shape index (κ1) is 16.2. The van der Waals surface area contributed by atoms with Crippen LogP contribution in [0.15, 0.2) is 18.2 Å². The molecular weight excluding hydrogens is 263 g/mol. The number of carbonyl (C=O) groups is 1. The Labute approximate surface area is 118 Å². The van der Waals surface area contributed by atoms with E-state index in [2.05, 4.69) is 10.6 Å². The number of aliphatic hydroxyl groups is 1. The van der Waals surface area contributed by atoms with Gasteiger partial charge in [-0.2, -0.15) is 0 Å². The summed E-state index contributed by atoms with van der Waals surface area (Å²) in [7, 11) is 0. The summed E-state index contributed by atoms with van der Waals surface area (Å²) in [5.74, 6) is -0.238. The molecular formula is C14H21FN2O3. The number of nitrogens with one attached hydrogen (secondary N) is 2. The molecule has 0 radical (unpaired) electrons. The number of amides is 2. The van der Waals surface area contributed by atoms with Gasteiger partial charge < -0.3 is 20.5 Å². The van der Waals surface area contributed by atoms with Crippen LogP contribution >= 0.6 is 0 Å². The maximum atomic E-state index is 13.6. The Hall–Kier alpha value is -1.82. The normalized spacial score (nSPS) is 11.8. The van der Waals surface area contributed by atoms with E-state index >= 15 is 0 Å². The molecule has 20 heavy (non-hydrogen) atoms. The number of urea groups is 1. The average Bonchev–Trinajstić information content (AvgIpc) is 2.39. The monoisotopic (exact) mass is 284 g/mol. The van der Waals surface area contributed by atoms with Gasteiger partial charge in [-0.15, -0.1) is 0 Å². The molecule has 0 aliphatic heterocycles. The summed E-state index contributed by atoms with van der Waals surface area (Å²) in [6, 6.07) is 4.23. The second-order valence-electron chi connectivity index (χ2n) is 4.44. The van der Waals surface area contributed by atoms with Crippen molar-refractivity contribution in [1.82, 2.24) is 10.6 Å². The molecule has 5 nitrogen and oxygen atoms in total. The van der Waals surface area contributed by atoms with Crippen LogP contribution in [0.5, 0.6) is 5.75 Å². The lowest BCUT2D eigenvalue weighted by molar-refractivity contribution is 0.183. The molecule has 1 aromatic carbocycles. The average molecular weight is 284 g/mol. The van der Waals surface area contributed by atoms with Gasteiger partial charge in [0.2, 0.25) is 0 Å². The molecule has 6 heteroatoms. The van der Waals surface area contributed by atoms with Crippen LogP contribution in [0.2, 0.25) is 0 Å². The number of benzene rings is 1. The van der Waals surface area contributed by atoms with E-state index < -0.39 is 11.9 Å². The Kier molecular flexibility index (Phi) is 6.79. The van der Waals surface area contributed by atoms with Crippen LogP contribution in [-0.4, -0.2) is 30.4 Å². The van der Waals surface area contributed by atoms with Crippen molar-refractivity contribution in [3.63, 3.8) is 0 Å². The van der Waals surface area contributed by atoms with Crippen LogP contribution in [0.25, 0.3) is 0 Å². The number of hydrogen-bond donors (Lipinski definition) is 3. The van der Waals surface area contributed by atoms with Gasteiger partial charge in [0.25, 0.3) is 0 Å². The highest BCUT2D eigenvalue weighted by Crippen LogP contribution is 2.18. The quantitative estimate of drug-likeness (QED) is 0.715. The van der Waals surface area contributed by atoms with E-state index in [9.17, 15) is 9.18 Å². The maximum absolute atomic E-state index is 13.6. The molecule has 2 amide bonds. The van der Waals surface area contributed by atoms with Crippen molar-refractivity contribution < 1.29 is 19.0 Å². The van der Waals surface area contributed by atoms with Crippen LogP contribution in [0, 0.1) is 5.82 Å². The third-order valence-electron chi connectivity index (χ3n) is 2.60. The first-order valence-electron chi connectivity index (χ1n) is 6.64. The summed E-state index contributed by atoms with van der Waals surface area (Å²) in [5.41, 5.74) is 0.650. The minimum Gasteiger partial charge on any atom is -0.491 e. The van der Waals surface area contributed by atoms with Crippen molar-refractivity contribution in [1.29, 1.82) is 0 Å². The van der Waals surface area contributed by atoms with E-state index in [-0.39, 0.29) is 18.3 Å². The fourth-order valence-corrected chi connectivity index (χ4v) is 1.57. The van der Waals surface area contributed by atoms with E-state index in [1.807, 2.05) is 0 Å². The molecule has 0 saturated carbocycles. The molecule has 1 aromatic rings. The van der Waals surface area contributed by atoms with E-state index in [0.717, 1.165) is 0 Å². The smallest absolute Gasteiger partial charge is 0.315 e. The Morgan fingerprint density at radius 2 is 2.20 bits per heavy atom. The zero-order chi connectivity index (χ0) is 15.0. The second kappa shape index (κ2) is 8.37. The lowest BCUT2D eigenvalue weighted by Crippen LogP contribution is -2.36. The van der Waals surface area contributed by atoms with Gasteiger partial charge in [0, 0.05) is 13.1 Å². The van der Waals surface area contributed by atoms with Crippen molar-refractivity contribution >= 4 is 6.03 Å². The Morgan fingerprint density at radius 1 is 1.45 bits per heavy atom. The molecule has 0 bridgehead atoms. The Morgan fingerprint density at radius 3 is 2.80 bits per heavy atom. The van der Waals surface area contributed by atoms with Crippen molar-refractivity contribution in [2.24, 2.45) is 0 Å². The van der Waals surface area contributed by atoms with Crippen molar-refractivity contribution in [3.8, 4) is 5.75 Å². The van der Waals surface area contributed by atoms with Crippen molar-refractivity contribution in [2.45, 2.75) is 32.9 Å². The minimum absolute atomic E-state index is 0.206. The van der Waals surface area contributed by atoms with E-state index in [4.69, 9.17) is 9.84 Å². The molecule has 1 unspecified atom stereocenters. The van der Waals surface area contributed by atoms with Gasteiger partial charge >= 0.3 is 6.03 Å². The van der Waals surface area contributed by atoms with Crippen LogP contribution < -0.4 is 15.4 Å². The maximum Gasteiger partial charge on any atom is 0.315 e. The highest BCUT2D eigenvalue weighted by Gasteiger charge is 2.06. The predicted molar refractivity (Wildman–Crippen MR) is 74.1 cm³/mol. The standard InChI is InChI=1S/C14H21FN2O3/c1-3-20-13-5-4-11(8-12(13)15)9-17-14(19)16-7-6-10(2)18/h4-5,8,10,18H,3,6-7,9H2,1-2H3,(H2,16,17,19). The van der Waals surface area contributed by atoms with Crippen molar-refractivity contribution in [3.05, 3.63) is 29.6 Å². The van der Waals surface area contributed by atoms with Crippen LogP contribution in [0.1, 0.15) is 25.8 Å². The van der Waals surface area contributed by atoms with Gasteiger partial charge in [0.05, 0.1) is 12.7 Å². The Bertz CT molecular complexity index is 438. The number of hydrogen-bond acceptors (Lipinski definition) is 3. The fraction of sp³-hybridized carbons (Fsp3) is 0.500. The zero-order valence-corrected chi connectivity index (χ0v) is 11.8. The summed E-state index contributed by atoms with van der Waals surface area (Å²) >= 11 is 0. The van der Waals surface area contributed by atoms with Crippen LogP contribution in [0.4, 0.5) is 9.18 Å². The fourth-order valence-electron chi connectivity index (χ4n) is 1.57. The number of halogens is 1. The summed E-state index contributed by atoms with van der Waals surface area (Å²) in [6.45, 7) is 4.46. The first-order valence-corrected chi connectivity index (χ1v) is 6.64. The molecule has 112 valence electrons. The number of rotatable bonds is 7. The van der Waals surface area contributed by atoms with Gasteiger partial charge in [-0.1, -0.05) is 6.07 Å². The second-order valence-corrected chi connectivity index (χ2v) is 4.44. The van der Waals surface area contributed by atoms with E-state index in [1.165, 1.54) is 6.07 Å². The van der Waals surface area contributed by atoms with Crippen molar-refractivity contribution in [2.75, 3.05) is 13.2 Å². The van der Waals surface area contributed by atoms with Crippen LogP contribution in [-0.2, 0) is 6.54 Å². The molecule has 0 aromatic heterocycles. The van der Waals surface area contributed by atoms with E-state index in [1.54, 1.807) is 26.0 Å². The first-order chi connectivity index (χ1) is 9.52. The number of ether oxygens (including phenoxy) is 1.